The van der Waals surface area contributed by atoms with Gasteiger partial charge in [0.15, 0.2) is 0 Å². The van der Waals surface area contributed by atoms with Crippen LogP contribution in [0.25, 0.3) is 0 Å². The fraction of sp³-hybridized carbons (Fsp3) is 0.667. The van der Waals surface area contributed by atoms with Crippen LogP contribution in [-0.4, -0.2) is 48.1 Å². The number of carboxylic acid groups (broad SMARTS) is 1. The van der Waals surface area contributed by atoms with Crippen LogP contribution in [0, 0.1) is 0 Å². The van der Waals surface area contributed by atoms with Crippen molar-refractivity contribution in [2.24, 2.45) is 5.73 Å². The molecule has 0 fully saturated rings. The quantitative estimate of drug-likeness (QED) is 0.544. The summed E-state index contributed by atoms with van der Waals surface area (Å²) in [7, 11) is 0. The smallest absolute Gasteiger partial charge is 0.320 e. The summed E-state index contributed by atoms with van der Waals surface area (Å²) >= 11 is 0. The number of aliphatic carboxylic acids is 1. The lowest BCUT2D eigenvalue weighted by molar-refractivity contribution is -0.138. The fourth-order valence-electron chi connectivity index (χ4n) is 2.59. The molecule has 0 saturated heterocycles. The molecule has 0 aliphatic carbocycles. The van der Waals surface area contributed by atoms with Crippen molar-refractivity contribution >= 4 is 5.97 Å². The van der Waals surface area contributed by atoms with E-state index >= 15 is 0 Å². The molecule has 1 aromatic rings. The van der Waals surface area contributed by atoms with Gasteiger partial charge in [0.25, 0.3) is 0 Å². The monoisotopic (exact) mass is 381 g/mol. The Morgan fingerprint density at radius 3 is 2.15 bits per heavy atom. The SMILES string of the molecule is CCOC(C)(C)CCOC(C)(C)CCOc1ccc(CC(N)C(=O)O)cc1. The first-order valence-corrected chi connectivity index (χ1v) is 9.53. The van der Waals surface area contributed by atoms with Crippen molar-refractivity contribution in [2.45, 2.75) is 71.1 Å². The van der Waals surface area contributed by atoms with Crippen molar-refractivity contribution < 1.29 is 24.1 Å². The standard InChI is InChI=1S/C21H35NO5/c1-6-26-20(2,3)12-14-27-21(4,5)11-13-25-17-9-7-16(8-10-17)15-18(22)19(23)24/h7-10,18H,6,11-15,22H2,1-5H3,(H,23,24). The Labute approximate surface area is 163 Å². The van der Waals surface area contributed by atoms with Crippen LogP contribution < -0.4 is 10.5 Å². The Bertz CT molecular complexity index is 568. The summed E-state index contributed by atoms with van der Waals surface area (Å²) in [5, 5.41) is 8.85. The van der Waals surface area contributed by atoms with E-state index in [1.165, 1.54) is 0 Å². The third kappa shape index (κ3) is 9.75. The van der Waals surface area contributed by atoms with Gasteiger partial charge in [0.05, 0.1) is 24.4 Å². The molecule has 6 heteroatoms. The van der Waals surface area contributed by atoms with Crippen LogP contribution in [-0.2, 0) is 20.7 Å². The van der Waals surface area contributed by atoms with Crippen LogP contribution in [0.2, 0.25) is 0 Å². The van der Waals surface area contributed by atoms with E-state index in [0.717, 1.165) is 24.2 Å². The van der Waals surface area contributed by atoms with Crippen LogP contribution in [0.4, 0.5) is 0 Å². The number of hydrogen-bond donors (Lipinski definition) is 2. The summed E-state index contributed by atoms with van der Waals surface area (Å²) in [5.74, 6) is -0.252. The minimum Gasteiger partial charge on any atom is -0.493 e. The minimum atomic E-state index is -0.998. The topological polar surface area (TPSA) is 91.0 Å². The van der Waals surface area contributed by atoms with Crippen LogP contribution in [0.1, 0.15) is 53.0 Å². The van der Waals surface area contributed by atoms with Gasteiger partial charge < -0.3 is 25.1 Å². The average Bonchev–Trinajstić information content (AvgIpc) is 2.55. The lowest BCUT2D eigenvalue weighted by Crippen LogP contribution is -2.32. The maximum atomic E-state index is 10.8. The molecule has 0 heterocycles. The zero-order valence-corrected chi connectivity index (χ0v) is 17.3. The number of ether oxygens (including phenoxy) is 3. The van der Waals surface area contributed by atoms with Gasteiger partial charge >= 0.3 is 5.97 Å². The molecule has 3 N–H and O–H groups in total. The molecule has 154 valence electrons. The highest BCUT2D eigenvalue weighted by atomic mass is 16.5. The lowest BCUT2D eigenvalue weighted by Gasteiger charge is -2.29. The van der Waals surface area contributed by atoms with E-state index in [1.54, 1.807) is 0 Å². The van der Waals surface area contributed by atoms with E-state index in [4.69, 9.17) is 25.1 Å². The zero-order chi connectivity index (χ0) is 20.5. The van der Waals surface area contributed by atoms with Crippen molar-refractivity contribution in [2.75, 3.05) is 19.8 Å². The van der Waals surface area contributed by atoms with E-state index in [9.17, 15) is 4.79 Å². The second kappa shape index (κ2) is 10.6. The molecule has 1 aromatic carbocycles. The highest BCUT2D eigenvalue weighted by molar-refractivity contribution is 5.73. The van der Waals surface area contributed by atoms with Gasteiger partial charge in [0.1, 0.15) is 11.8 Å². The normalized spacial score (nSPS) is 13.4. The molecular formula is C21H35NO5. The molecule has 0 aromatic heterocycles. The first-order valence-electron chi connectivity index (χ1n) is 9.53. The van der Waals surface area contributed by atoms with Gasteiger partial charge in [-0.25, -0.2) is 0 Å². The molecule has 6 nitrogen and oxygen atoms in total. The van der Waals surface area contributed by atoms with Gasteiger partial charge in [-0.05, 0) is 65.2 Å². The van der Waals surface area contributed by atoms with E-state index < -0.39 is 12.0 Å². The van der Waals surface area contributed by atoms with Gasteiger partial charge in [-0.15, -0.1) is 0 Å². The summed E-state index contributed by atoms with van der Waals surface area (Å²) in [5.41, 5.74) is 5.96. The Morgan fingerprint density at radius 2 is 1.59 bits per heavy atom. The predicted molar refractivity (Wildman–Crippen MR) is 106 cm³/mol. The van der Waals surface area contributed by atoms with Crippen molar-refractivity contribution in [3.05, 3.63) is 29.8 Å². The molecule has 0 saturated carbocycles. The maximum absolute atomic E-state index is 10.8. The fourth-order valence-corrected chi connectivity index (χ4v) is 2.59. The molecule has 0 amide bonds. The molecule has 0 radical (unpaired) electrons. The minimum absolute atomic E-state index is 0.174. The van der Waals surface area contributed by atoms with Crippen molar-refractivity contribution in [1.82, 2.24) is 0 Å². The van der Waals surface area contributed by atoms with Gasteiger partial charge in [0.2, 0.25) is 0 Å². The molecule has 0 aliphatic heterocycles. The Kier molecular flexibility index (Phi) is 9.22. The molecule has 0 aliphatic rings. The predicted octanol–water partition coefficient (Wildman–Crippen LogP) is 3.41. The largest absolute Gasteiger partial charge is 0.493 e. The van der Waals surface area contributed by atoms with E-state index in [-0.39, 0.29) is 11.2 Å². The molecule has 1 rings (SSSR count). The van der Waals surface area contributed by atoms with Gasteiger partial charge in [-0.3, -0.25) is 4.79 Å². The van der Waals surface area contributed by atoms with Crippen molar-refractivity contribution in [3.8, 4) is 5.75 Å². The first kappa shape index (κ1) is 23.4. The summed E-state index contributed by atoms with van der Waals surface area (Å²) in [6.07, 6.45) is 1.90. The molecule has 1 atom stereocenters. The van der Waals surface area contributed by atoms with E-state index in [0.29, 0.717) is 26.2 Å². The second-order valence-electron chi connectivity index (χ2n) is 7.94. The number of benzene rings is 1. The Hall–Kier alpha value is -1.63. The first-order chi connectivity index (χ1) is 12.5. The zero-order valence-electron chi connectivity index (χ0n) is 17.3. The molecule has 27 heavy (non-hydrogen) atoms. The molecule has 1 unspecified atom stereocenters. The van der Waals surface area contributed by atoms with Gasteiger partial charge in [0, 0.05) is 13.0 Å². The highest BCUT2D eigenvalue weighted by Crippen LogP contribution is 2.20. The Morgan fingerprint density at radius 1 is 1.04 bits per heavy atom. The number of hydrogen-bond acceptors (Lipinski definition) is 5. The number of rotatable bonds is 13. The van der Waals surface area contributed by atoms with Gasteiger partial charge in [-0.1, -0.05) is 12.1 Å². The van der Waals surface area contributed by atoms with E-state index in [1.807, 2.05) is 31.2 Å². The second-order valence-corrected chi connectivity index (χ2v) is 7.94. The summed E-state index contributed by atoms with van der Waals surface area (Å²) in [6.45, 7) is 12.1. The summed E-state index contributed by atoms with van der Waals surface area (Å²) < 4.78 is 17.5. The number of nitrogens with two attached hydrogens (primary N) is 1. The van der Waals surface area contributed by atoms with Crippen LogP contribution in [0.5, 0.6) is 5.75 Å². The van der Waals surface area contributed by atoms with Crippen molar-refractivity contribution in [3.63, 3.8) is 0 Å². The van der Waals surface area contributed by atoms with Crippen LogP contribution in [0.3, 0.4) is 0 Å². The Balaban J connectivity index is 2.35. The highest BCUT2D eigenvalue weighted by Gasteiger charge is 2.22. The lowest BCUT2D eigenvalue weighted by atomic mass is 10.0. The molecule has 0 spiro atoms. The van der Waals surface area contributed by atoms with Crippen molar-refractivity contribution in [1.29, 1.82) is 0 Å². The summed E-state index contributed by atoms with van der Waals surface area (Å²) in [6, 6.07) is 6.47. The number of carboxylic acids is 1. The van der Waals surface area contributed by atoms with Crippen LogP contribution >= 0.6 is 0 Å². The summed E-state index contributed by atoms with van der Waals surface area (Å²) in [4.78, 5) is 10.8. The van der Waals surface area contributed by atoms with E-state index in [2.05, 4.69) is 27.7 Å². The average molecular weight is 382 g/mol. The molecule has 0 bridgehead atoms. The molecular weight excluding hydrogens is 346 g/mol. The third-order valence-corrected chi connectivity index (χ3v) is 4.40. The number of carbonyl (C=O) groups is 1. The third-order valence-electron chi connectivity index (χ3n) is 4.40. The maximum Gasteiger partial charge on any atom is 0.320 e. The van der Waals surface area contributed by atoms with Gasteiger partial charge in [-0.2, -0.15) is 0 Å². The van der Waals surface area contributed by atoms with Crippen LogP contribution in [0.15, 0.2) is 24.3 Å².